The lowest BCUT2D eigenvalue weighted by Gasteiger charge is -2.03. The van der Waals surface area contributed by atoms with Gasteiger partial charge in [-0.15, -0.1) is 0 Å². The van der Waals surface area contributed by atoms with E-state index in [9.17, 15) is 0 Å². The predicted octanol–water partition coefficient (Wildman–Crippen LogP) is 3.85. The third kappa shape index (κ3) is 1.68. The average Bonchev–Trinajstić information content (AvgIpc) is 2.73. The molecule has 2 N–H and O–H groups in total. The van der Waals surface area contributed by atoms with E-state index in [1.54, 1.807) is 0 Å². The summed E-state index contributed by atoms with van der Waals surface area (Å²) in [7, 11) is 0. The molecule has 0 aliphatic carbocycles. The number of aryl methyl sites for hydroxylation is 1. The van der Waals surface area contributed by atoms with Crippen molar-refractivity contribution in [1.82, 2.24) is 4.37 Å². The van der Waals surface area contributed by atoms with Crippen molar-refractivity contribution in [2.45, 2.75) is 6.92 Å². The van der Waals surface area contributed by atoms with Crippen LogP contribution in [0.5, 0.6) is 0 Å². The summed E-state index contributed by atoms with van der Waals surface area (Å²) in [5.74, 6) is 0.624. The van der Waals surface area contributed by atoms with Crippen molar-refractivity contribution in [3.8, 4) is 11.1 Å². The lowest BCUT2D eigenvalue weighted by atomic mass is 10.0. The maximum Gasteiger partial charge on any atom is 0.145 e. The van der Waals surface area contributed by atoms with Gasteiger partial charge in [-0.3, -0.25) is 0 Å². The summed E-state index contributed by atoms with van der Waals surface area (Å²) >= 11 is 1.46. The monoisotopic (exact) mass is 240 g/mol. The van der Waals surface area contributed by atoms with Gasteiger partial charge in [-0.25, -0.2) is 0 Å². The van der Waals surface area contributed by atoms with Gasteiger partial charge >= 0.3 is 0 Å². The lowest BCUT2D eigenvalue weighted by Crippen LogP contribution is -1.83. The number of fused-ring (bicyclic) bond motifs is 1. The van der Waals surface area contributed by atoms with E-state index in [1.807, 2.05) is 12.1 Å². The van der Waals surface area contributed by atoms with E-state index < -0.39 is 0 Å². The maximum absolute atomic E-state index is 5.85. The molecule has 1 heterocycles. The lowest BCUT2D eigenvalue weighted by molar-refractivity contribution is 1.47. The Morgan fingerprint density at radius 1 is 1.06 bits per heavy atom. The number of nitrogens with zero attached hydrogens (tertiary/aromatic N) is 1. The molecule has 0 spiro atoms. The summed E-state index contributed by atoms with van der Waals surface area (Å²) in [6, 6.07) is 14.7. The van der Waals surface area contributed by atoms with Crippen molar-refractivity contribution in [3.05, 3.63) is 48.0 Å². The fourth-order valence-corrected chi connectivity index (χ4v) is 2.78. The van der Waals surface area contributed by atoms with Gasteiger partial charge in [0.1, 0.15) is 5.82 Å². The Morgan fingerprint density at radius 2 is 1.82 bits per heavy atom. The molecule has 0 saturated carbocycles. The highest BCUT2D eigenvalue weighted by atomic mass is 32.1. The molecule has 0 aliphatic rings. The van der Waals surface area contributed by atoms with Crippen molar-refractivity contribution in [3.63, 3.8) is 0 Å². The SMILES string of the molecule is Cc1ccc(-c2cccc3c(N)nsc23)cc1. The zero-order valence-electron chi connectivity index (χ0n) is 9.47. The van der Waals surface area contributed by atoms with Crippen LogP contribution in [0.15, 0.2) is 42.5 Å². The van der Waals surface area contributed by atoms with E-state index in [1.165, 1.54) is 28.2 Å². The van der Waals surface area contributed by atoms with Gasteiger partial charge in [0.2, 0.25) is 0 Å². The molecule has 0 aliphatic heterocycles. The molecule has 17 heavy (non-hydrogen) atoms. The molecular weight excluding hydrogens is 228 g/mol. The third-order valence-electron chi connectivity index (χ3n) is 2.89. The summed E-state index contributed by atoms with van der Waals surface area (Å²) in [6.07, 6.45) is 0. The third-order valence-corrected chi connectivity index (χ3v) is 3.80. The highest BCUT2D eigenvalue weighted by Gasteiger charge is 2.08. The molecule has 0 atom stereocenters. The van der Waals surface area contributed by atoms with Gasteiger partial charge in [0.25, 0.3) is 0 Å². The van der Waals surface area contributed by atoms with Gasteiger partial charge in [-0.2, -0.15) is 4.37 Å². The molecule has 3 aromatic rings. The van der Waals surface area contributed by atoms with E-state index in [2.05, 4.69) is 41.6 Å². The van der Waals surface area contributed by atoms with Gasteiger partial charge in [-0.1, -0.05) is 42.0 Å². The first-order valence-electron chi connectivity index (χ1n) is 5.46. The van der Waals surface area contributed by atoms with Crippen LogP contribution in [-0.4, -0.2) is 4.37 Å². The van der Waals surface area contributed by atoms with E-state index in [4.69, 9.17) is 5.73 Å². The smallest absolute Gasteiger partial charge is 0.145 e. The number of nitrogen functional groups attached to an aromatic ring is 1. The van der Waals surface area contributed by atoms with Crippen molar-refractivity contribution in [1.29, 1.82) is 0 Å². The number of anilines is 1. The zero-order chi connectivity index (χ0) is 11.8. The predicted molar refractivity (Wildman–Crippen MR) is 74.2 cm³/mol. The molecule has 3 heteroatoms. The summed E-state index contributed by atoms with van der Waals surface area (Å²) in [5.41, 5.74) is 9.53. The van der Waals surface area contributed by atoms with Crippen LogP contribution < -0.4 is 5.73 Å². The number of rotatable bonds is 1. The number of aromatic nitrogens is 1. The molecule has 0 unspecified atom stereocenters. The highest BCUT2D eigenvalue weighted by molar-refractivity contribution is 7.14. The Balaban J connectivity index is 2.26. The normalized spacial score (nSPS) is 10.9. The second-order valence-corrected chi connectivity index (χ2v) is 4.89. The molecule has 3 rings (SSSR count). The van der Waals surface area contributed by atoms with Crippen LogP contribution in [0.4, 0.5) is 5.82 Å². The number of benzene rings is 2. The Hall–Kier alpha value is -1.87. The molecule has 0 bridgehead atoms. The zero-order valence-corrected chi connectivity index (χ0v) is 10.3. The molecule has 0 radical (unpaired) electrons. The maximum atomic E-state index is 5.85. The van der Waals surface area contributed by atoms with Crippen molar-refractivity contribution < 1.29 is 0 Å². The summed E-state index contributed by atoms with van der Waals surface area (Å²) in [4.78, 5) is 0. The van der Waals surface area contributed by atoms with Crippen molar-refractivity contribution in [2.24, 2.45) is 0 Å². The summed E-state index contributed by atoms with van der Waals surface area (Å²) < 4.78 is 5.38. The Bertz CT molecular complexity index is 668. The molecular formula is C14H12N2S. The topological polar surface area (TPSA) is 38.9 Å². The first-order chi connectivity index (χ1) is 8.25. The minimum absolute atomic E-state index is 0.624. The first kappa shape index (κ1) is 10.3. The average molecular weight is 240 g/mol. The van der Waals surface area contributed by atoms with Crippen LogP contribution >= 0.6 is 11.5 Å². The molecule has 84 valence electrons. The number of hydrogen-bond acceptors (Lipinski definition) is 3. The molecule has 2 aromatic carbocycles. The summed E-state index contributed by atoms with van der Waals surface area (Å²) in [5, 5.41) is 1.05. The minimum Gasteiger partial charge on any atom is -0.382 e. The molecule has 0 saturated heterocycles. The second-order valence-electron chi connectivity index (χ2n) is 4.12. The number of hydrogen-bond donors (Lipinski definition) is 1. The Morgan fingerprint density at radius 3 is 2.59 bits per heavy atom. The molecule has 0 fully saturated rings. The van der Waals surface area contributed by atoms with Crippen LogP contribution in [0, 0.1) is 6.92 Å². The fraction of sp³-hybridized carbons (Fsp3) is 0.0714. The second kappa shape index (κ2) is 3.86. The van der Waals surface area contributed by atoms with Crippen molar-refractivity contribution in [2.75, 3.05) is 5.73 Å². The van der Waals surface area contributed by atoms with Crippen LogP contribution in [-0.2, 0) is 0 Å². The van der Waals surface area contributed by atoms with Crippen LogP contribution in [0.3, 0.4) is 0 Å². The highest BCUT2D eigenvalue weighted by Crippen LogP contribution is 2.34. The van der Waals surface area contributed by atoms with Crippen LogP contribution in [0.25, 0.3) is 21.2 Å². The Labute approximate surface area is 104 Å². The minimum atomic E-state index is 0.624. The molecule has 0 amide bonds. The first-order valence-corrected chi connectivity index (χ1v) is 6.24. The Kier molecular flexibility index (Phi) is 2.34. The van der Waals surface area contributed by atoms with Crippen LogP contribution in [0.1, 0.15) is 5.56 Å². The molecule has 1 aromatic heterocycles. The standard InChI is InChI=1S/C14H12N2S/c1-9-5-7-10(8-6-9)11-3-2-4-12-13(11)17-16-14(12)15/h2-8H,1H3,(H2,15,16). The van der Waals surface area contributed by atoms with Gasteiger partial charge in [0, 0.05) is 10.9 Å². The van der Waals surface area contributed by atoms with E-state index in [0.29, 0.717) is 5.82 Å². The van der Waals surface area contributed by atoms with E-state index >= 15 is 0 Å². The number of nitrogens with two attached hydrogens (primary N) is 1. The quantitative estimate of drug-likeness (QED) is 0.701. The van der Waals surface area contributed by atoms with Gasteiger partial charge in [0.15, 0.2) is 0 Å². The van der Waals surface area contributed by atoms with Gasteiger partial charge in [-0.05, 0) is 30.1 Å². The van der Waals surface area contributed by atoms with Gasteiger partial charge < -0.3 is 5.73 Å². The largest absolute Gasteiger partial charge is 0.382 e. The van der Waals surface area contributed by atoms with Crippen molar-refractivity contribution >= 4 is 27.4 Å². The van der Waals surface area contributed by atoms with E-state index in [0.717, 1.165) is 10.1 Å². The van der Waals surface area contributed by atoms with E-state index in [-0.39, 0.29) is 0 Å². The molecule has 2 nitrogen and oxygen atoms in total. The summed E-state index contributed by atoms with van der Waals surface area (Å²) in [6.45, 7) is 2.09. The fourth-order valence-electron chi connectivity index (χ4n) is 1.94. The van der Waals surface area contributed by atoms with Gasteiger partial charge in [0.05, 0.1) is 4.70 Å². The van der Waals surface area contributed by atoms with Crippen LogP contribution in [0.2, 0.25) is 0 Å².